The molecule has 2 aliphatic heterocycles. The lowest BCUT2D eigenvalue weighted by molar-refractivity contribution is -0.276. The van der Waals surface area contributed by atoms with Crippen molar-refractivity contribution in [2.24, 2.45) is 0 Å². The minimum atomic E-state index is -1.14. The van der Waals surface area contributed by atoms with Gasteiger partial charge in [0.2, 0.25) is 0 Å². The highest BCUT2D eigenvalue weighted by Gasteiger charge is 2.58. The number of hydrogen-bond acceptors (Lipinski definition) is 4. The molecule has 0 amide bonds. The Hall–Kier alpha value is -2.57. The molecule has 5 rings (SSSR count). The van der Waals surface area contributed by atoms with E-state index in [0.29, 0.717) is 26.1 Å². The Bertz CT molecular complexity index is 1010. The zero-order valence-electron chi connectivity index (χ0n) is 17.3. The maximum absolute atomic E-state index is 13.7. The first-order valence-corrected chi connectivity index (χ1v) is 10.7. The summed E-state index contributed by atoms with van der Waals surface area (Å²) in [5.41, 5.74) is 1.76. The summed E-state index contributed by atoms with van der Waals surface area (Å²) in [6.07, 6.45) is 0.303. The third kappa shape index (κ3) is 3.90. The number of nitrogens with zero attached hydrogens (tertiary/aromatic N) is 1. The minimum Gasteiger partial charge on any atom is -0.383 e. The highest BCUT2D eigenvalue weighted by molar-refractivity contribution is 5.29. The standard InChI is InChI=1S/C26H26FNO3/c27-23-13-11-21(12-14-23)24-26(18-25(29,19-31-26)22-9-5-2-6-10-22)30-16-15-28(24)17-20-7-3-1-4-8-20/h1-14,24,29H,15-19H2/t24-,25-,26+/m0/s1. The van der Waals surface area contributed by atoms with Crippen molar-refractivity contribution in [1.29, 1.82) is 0 Å². The quantitative estimate of drug-likeness (QED) is 0.681. The van der Waals surface area contributed by atoms with E-state index in [9.17, 15) is 9.50 Å². The van der Waals surface area contributed by atoms with Gasteiger partial charge in [0, 0.05) is 19.5 Å². The number of morpholine rings is 1. The van der Waals surface area contributed by atoms with Crippen LogP contribution in [0.3, 0.4) is 0 Å². The Kier molecular flexibility index (Phi) is 5.36. The molecule has 3 atom stereocenters. The van der Waals surface area contributed by atoms with E-state index in [1.807, 2.05) is 48.5 Å². The molecule has 1 spiro atoms. The molecule has 2 aliphatic rings. The van der Waals surface area contributed by atoms with Crippen LogP contribution in [-0.4, -0.2) is 35.6 Å². The van der Waals surface area contributed by atoms with E-state index in [-0.39, 0.29) is 18.5 Å². The van der Waals surface area contributed by atoms with Crippen molar-refractivity contribution in [3.63, 3.8) is 0 Å². The summed E-state index contributed by atoms with van der Waals surface area (Å²) in [6.45, 7) is 2.07. The van der Waals surface area contributed by atoms with Crippen molar-refractivity contribution in [2.45, 2.75) is 30.4 Å². The van der Waals surface area contributed by atoms with Crippen LogP contribution in [0.4, 0.5) is 4.39 Å². The van der Waals surface area contributed by atoms with Gasteiger partial charge in [-0.25, -0.2) is 4.39 Å². The van der Waals surface area contributed by atoms with Gasteiger partial charge in [-0.05, 0) is 28.8 Å². The Balaban J connectivity index is 1.52. The lowest BCUT2D eigenvalue weighted by Crippen LogP contribution is -2.54. The zero-order valence-corrected chi connectivity index (χ0v) is 17.3. The number of hydrogen-bond donors (Lipinski definition) is 1. The molecule has 0 saturated carbocycles. The van der Waals surface area contributed by atoms with E-state index in [1.165, 1.54) is 17.7 Å². The van der Waals surface area contributed by atoms with Gasteiger partial charge in [-0.1, -0.05) is 72.8 Å². The van der Waals surface area contributed by atoms with E-state index in [0.717, 1.165) is 11.1 Å². The van der Waals surface area contributed by atoms with Crippen molar-refractivity contribution in [1.82, 2.24) is 4.90 Å². The van der Waals surface area contributed by atoms with Gasteiger partial charge in [-0.15, -0.1) is 0 Å². The van der Waals surface area contributed by atoms with Crippen LogP contribution >= 0.6 is 0 Å². The summed E-state index contributed by atoms with van der Waals surface area (Å²) in [6, 6.07) is 26.1. The van der Waals surface area contributed by atoms with Gasteiger partial charge < -0.3 is 14.6 Å². The first-order chi connectivity index (χ1) is 15.1. The summed E-state index contributed by atoms with van der Waals surface area (Å²) >= 11 is 0. The van der Waals surface area contributed by atoms with Gasteiger partial charge in [0.15, 0.2) is 5.79 Å². The van der Waals surface area contributed by atoms with Crippen LogP contribution in [0.1, 0.15) is 29.2 Å². The molecule has 3 aromatic rings. The highest BCUT2D eigenvalue weighted by atomic mass is 19.1. The molecule has 160 valence electrons. The fraction of sp³-hybridized carbons (Fsp3) is 0.308. The maximum atomic E-state index is 13.7. The SMILES string of the molecule is O[C@]1(c2ccccc2)CO[C@@]2(C1)OCCN(Cc1ccccc1)[C@H]2c1ccc(F)cc1. The van der Waals surface area contributed by atoms with Crippen molar-refractivity contribution in [3.8, 4) is 0 Å². The molecule has 0 bridgehead atoms. The van der Waals surface area contributed by atoms with E-state index >= 15 is 0 Å². The second-order valence-corrected chi connectivity index (χ2v) is 8.43. The van der Waals surface area contributed by atoms with Crippen molar-refractivity contribution >= 4 is 0 Å². The normalized spacial score (nSPS) is 28.8. The smallest absolute Gasteiger partial charge is 0.191 e. The molecule has 3 aromatic carbocycles. The van der Waals surface area contributed by atoms with Crippen LogP contribution in [0.25, 0.3) is 0 Å². The summed E-state index contributed by atoms with van der Waals surface area (Å²) < 4.78 is 26.3. The van der Waals surface area contributed by atoms with Crippen LogP contribution in [0.2, 0.25) is 0 Å². The Morgan fingerprint density at radius 1 is 0.903 bits per heavy atom. The number of halogens is 1. The molecular formula is C26H26FNO3. The molecular weight excluding hydrogens is 393 g/mol. The minimum absolute atomic E-state index is 0.147. The van der Waals surface area contributed by atoms with Gasteiger partial charge in [0.1, 0.15) is 11.4 Å². The molecule has 31 heavy (non-hydrogen) atoms. The van der Waals surface area contributed by atoms with Crippen molar-refractivity contribution in [3.05, 3.63) is 107 Å². The molecule has 1 N–H and O–H groups in total. The van der Waals surface area contributed by atoms with E-state index in [4.69, 9.17) is 9.47 Å². The number of benzene rings is 3. The second-order valence-electron chi connectivity index (χ2n) is 8.43. The van der Waals surface area contributed by atoms with Crippen molar-refractivity contribution < 1.29 is 19.0 Å². The molecule has 2 saturated heterocycles. The molecule has 5 heteroatoms. The fourth-order valence-corrected chi connectivity index (χ4v) is 4.87. The molecule has 4 nitrogen and oxygen atoms in total. The summed E-state index contributed by atoms with van der Waals surface area (Å²) in [4.78, 5) is 2.31. The van der Waals surface area contributed by atoms with Gasteiger partial charge in [-0.2, -0.15) is 0 Å². The third-order valence-corrected chi connectivity index (χ3v) is 6.33. The Morgan fingerprint density at radius 2 is 1.58 bits per heavy atom. The summed E-state index contributed by atoms with van der Waals surface area (Å²) in [5.74, 6) is -1.30. The average Bonchev–Trinajstić information content (AvgIpc) is 3.14. The molecule has 0 aliphatic carbocycles. The Morgan fingerprint density at radius 3 is 2.29 bits per heavy atom. The third-order valence-electron chi connectivity index (χ3n) is 6.33. The number of rotatable bonds is 4. The monoisotopic (exact) mass is 419 g/mol. The van der Waals surface area contributed by atoms with E-state index in [1.54, 1.807) is 12.1 Å². The number of ether oxygens (including phenoxy) is 2. The predicted octanol–water partition coefficient (Wildman–Crippen LogP) is 4.40. The highest BCUT2D eigenvalue weighted by Crippen LogP contribution is 2.50. The van der Waals surface area contributed by atoms with Crippen LogP contribution in [0, 0.1) is 5.82 Å². The first-order valence-electron chi connectivity index (χ1n) is 10.7. The topological polar surface area (TPSA) is 41.9 Å². The van der Waals surface area contributed by atoms with Crippen LogP contribution in [-0.2, 0) is 21.6 Å². The molecule has 2 fully saturated rings. The van der Waals surface area contributed by atoms with Gasteiger partial charge in [0.25, 0.3) is 0 Å². The molecule has 2 heterocycles. The lowest BCUT2D eigenvalue weighted by atomic mass is 9.84. The molecule has 0 unspecified atom stereocenters. The molecule has 0 aromatic heterocycles. The number of aliphatic hydroxyl groups is 1. The van der Waals surface area contributed by atoms with Crippen molar-refractivity contribution in [2.75, 3.05) is 19.8 Å². The maximum Gasteiger partial charge on any atom is 0.191 e. The fourth-order valence-electron chi connectivity index (χ4n) is 4.87. The first kappa shape index (κ1) is 20.3. The van der Waals surface area contributed by atoms with E-state index in [2.05, 4.69) is 17.0 Å². The zero-order chi connectivity index (χ0) is 21.3. The predicted molar refractivity (Wildman–Crippen MR) is 116 cm³/mol. The van der Waals surface area contributed by atoms with E-state index < -0.39 is 11.4 Å². The van der Waals surface area contributed by atoms with Gasteiger partial charge in [-0.3, -0.25) is 4.90 Å². The van der Waals surface area contributed by atoms with Crippen LogP contribution in [0.5, 0.6) is 0 Å². The largest absolute Gasteiger partial charge is 0.383 e. The van der Waals surface area contributed by atoms with Crippen LogP contribution in [0.15, 0.2) is 84.9 Å². The molecule has 0 radical (unpaired) electrons. The summed E-state index contributed by atoms with van der Waals surface area (Å²) in [5, 5.41) is 11.5. The Labute approximate surface area is 181 Å². The average molecular weight is 419 g/mol. The lowest BCUT2D eigenvalue weighted by Gasteiger charge is -2.47. The van der Waals surface area contributed by atoms with Gasteiger partial charge in [0.05, 0.1) is 19.3 Å². The van der Waals surface area contributed by atoms with Gasteiger partial charge >= 0.3 is 0 Å². The van der Waals surface area contributed by atoms with Crippen LogP contribution < -0.4 is 0 Å². The second kappa shape index (κ2) is 8.17. The summed E-state index contributed by atoms with van der Waals surface area (Å²) in [7, 11) is 0.